The lowest BCUT2D eigenvalue weighted by molar-refractivity contribution is 0.104. The maximum absolute atomic E-state index is 12.3. The van der Waals surface area contributed by atoms with Crippen molar-refractivity contribution in [1.82, 2.24) is 4.57 Å². The quantitative estimate of drug-likeness (QED) is 0.610. The van der Waals surface area contributed by atoms with Gasteiger partial charge in [0, 0.05) is 18.3 Å². The van der Waals surface area contributed by atoms with Crippen LogP contribution in [-0.4, -0.2) is 10.4 Å². The summed E-state index contributed by atoms with van der Waals surface area (Å²) in [5, 5.41) is 9.04. The number of hydrogen-bond donors (Lipinski definition) is 0. The molecule has 0 aliphatic carbocycles. The van der Waals surface area contributed by atoms with Crippen LogP contribution >= 0.6 is 0 Å². The highest BCUT2D eigenvalue weighted by Crippen LogP contribution is 2.16. The van der Waals surface area contributed by atoms with Crippen molar-refractivity contribution >= 4 is 11.9 Å². The van der Waals surface area contributed by atoms with Crippen molar-refractivity contribution < 1.29 is 4.79 Å². The van der Waals surface area contributed by atoms with Gasteiger partial charge in [-0.3, -0.25) is 4.79 Å². The van der Waals surface area contributed by atoms with Gasteiger partial charge in [0.2, 0.25) is 0 Å². The molecule has 0 fully saturated rings. The van der Waals surface area contributed by atoms with Gasteiger partial charge >= 0.3 is 0 Å². The van der Waals surface area contributed by atoms with Crippen LogP contribution in [0.1, 0.15) is 46.7 Å². The van der Waals surface area contributed by atoms with E-state index in [1.165, 1.54) is 5.56 Å². The van der Waals surface area contributed by atoms with Crippen molar-refractivity contribution in [2.75, 3.05) is 0 Å². The van der Waals surface area contributed by atoms with Crippen LogP contribution in [0.4, 0.5) is 0 Å². The van der Waals surface area contributed by atoms with E-state index in [1.807, 2.05) is 42.8 Å². The zero-order chi connectivity index (χ0) is 17.0. The first-order valence-electron chi connectivity index (χ1n) is 7.80. The number of nitrogens with zero attached hydrogens (tertiary/aromatic N) is 2. The number of allylic oxidation sites excluding steroid dienone is 1. The van der Waals surface area contributed by atoms with Gasteiger partial charge in [-0.1, -0.05) is 38.1 Å². The third-order valence-electron chi connectivity index (χ3n) is 3.99. The Balaban J connectivity index is 2.14. The minimum atomic E-state index is -0.0251. The lowest BCUT2D eigenvalue weighted by Crippen LogP contribution is -1.97. The molecule has 0 bridgehead atoms. The summed E-state index contributed by atoms with van der Waals surface area (Å²) >= 11 is 0. The second kappa shape index (κ2) is 7.11. The van der Waals surface area contributed by atoms with Crippen molar-refractivity contribution in [2.24, 2.45) is 13.0 Å². The number of ketones is 1. The lowest BCUT2D eigenvalue weighted by Gasteiger charge is -2.05. The topological polar surface area (TPSA) is 45.8 Å². The summed E-state index contributed by atoms with van der Waals surface area (Å²) in [7, 11) is 1.85. The smallest absolute Gasteiger partial charge is 0.185 e. The van der Waals surface area contributed by atoms with E-state index >= 15 is 0 Å². The molecule has 0 spiro atoms. The van der Waals surface area contributed by atoms with Crippen LogP contribution in [0.25, 0.3) is 6.08 Å². The number of carbonyl (C=O) groups is 1. The summed E-state index contributed by atoms with van der Waals surface area (Å²) < 4.78 is 1.82. The Morgan fingerprint density at radius 2 is 1.96 bits per heavy atom. The Hall–Kier alpha value is -2.60. The van der Waals surface area contributed by atoms with Gasteiger partial charge in [0.1, 0.15) is 11.8 Å². The van der Waals surface area contributed by atoms with E-state index in [1.54, 1.807) is 18.2 Å². The standard InChI is InChI=1S/C20H22N2O/c1-14(2)11-16-5-7-17(8-6-16)20(23)10-9-18-12-19(13-21)22(4)15(18)3/h5-10,12,14H,11H2,1-4H3/b10-9+. The zero-order valence-electron chi connectivity index (χ0n) is 14.1. The SMILES string of the molecule is Cc1c(/C=C/C(=O)c2ccc(CC(C)C)cc2)cc(C#N)n1C. The van der Waals surface area contributed by atoms with Gasteiger partial charge in [-0.25, -0.2) is 0 Å². The predicted octanol–water partition coefficient (Wildman–Crippen LogP) is 4.30. The van der Waals surface area contributed by atoms with Crippen LogP contribution < -0.4 is 0 Å². The summed E-state index contributed by atoms with van der Waals surface area (Å²) in [6.45, 7) is 6.30. The molecule has 2 rings (SSSR count). The Labute approximate surface area is 137 Å². The van der Waals surface area contributed by atoms with Crippen molar-refractivity contribution in [3.05, 3.63) is 64.5 Å². The van der Waals surface area contributed by atoms with Crippen molar-refractivity contribution in [3.8, 4) is 6.07 Å². The molecule has 118 valence electrons. The third-order valence-corrected chi connectivity index (χ3v) is 3.99. The Kier molecular flexibility index (Phi) is 5.18. The minimum absolute atomic E-state index is 0.0251. The Morgan fingerprint density at radius 3 is 2.48 bits per heavy atom. The highest BCUT2D eigenvalue weighted by atomic mass is 16.1. The molecule has 0 saturated heterocycles. The molecule has 0 N–H and O–H groups in total. The number of rotatable bonds is 5. The molecule has 3 heteroatoms. The van der Waals surface area contributed by atoms with Crippen molar-refractivity contribution in [2.45, 2.75) is 27.2 Å². The number of hydrogen-bond acceptors (Lipinski definition) is 2. The van der Waals surface area contributed by atoms with Crippen molar-refractivity contribution in [1.29, 1.82) is 5.26 Å². The maximum Gasteiger partial charge on any atom is 0.185 e. The molecule has 1 aromatic carbocycles. The molecule has 1 aromatic heterocycles. The molecule has 2 aromatic rings. The first-order valence-corrected chi connectivity index (χ1v) is 7.80. The highest BCUT2D eigenvalue weighted by Gasteiger charge is 2.07. The molecule has 23 heavy (non-hydrogen) atoms. The van der Waals surface area contributed by atoms with Gasteiger partial charge in [-0.15, -0.1) is 0 Å². The number of nitriles is 1. The average molecular weight is 306 g/mol. The molecule has 0 amide bonds. The third kappa shape index (κ3) is 3.98. The second-order valence-corrected chi connectivity index (χ2v) is 6.23. The molecule has 1 heterocycles. The summed E-state index contributed by atoms with van der Waals surface area (Å²) in [6.07, 6.45) is 4.37. The summed E-state index contributed by atoms with van der Waals surface area (Å²) in [6, 6.07) is 11.7. The van der Waals surface area contributed by atoms with Crippen LogP contribution in [0.15, 0.2) is 36.4 Å². The van der Waals surface area contributed by atoms with Crippen molar-refractivity contribution in [3.63, 3.8) is 0 Å². The van der Waals surface area contributed by atoms with Crippen LogP contribution in [0.2, 0.25) is 0 Å². The predicted molar refractivity (Wildman–Crippen MR) is 93.2 cm³/mol. The molecule has 0 unspecified atom stereocenters. The molecule has 0 aliphatic heterocycles. The first kappa shape index (κ1) is 16.8. The lowest BCUT2D eigenvalue weighted by atomic mass is 10.0. The Bertz CT molecular complexity index is 771. The van der Waals surface area contributed by atoms with E-state index in [0.717, 1.165) is 17.7 Å². The fourth-order valence-electron chi connectivity index (χ4n) is 2.54. The molecule has 0 atom stereocenters. The van der Waals surface area contributed by atoms with E-state index in [9.17, 15) is 4.79 Å². The number of aromatic nitrogens is 1. The molecule has 0 aliphatic rings. The van der Waals surface area contributed by atoms with Gasteiger partial charge in [-0.05, 0) is 48.6 Å². The molecule has 0 saturated carbocycles. The molecule has 0 radical (unpaired) electrons. The van der Waals surface area contributed by atoms with Gasteiger partial charge in [0.15, 0.2) is 5.78 Å². The van der Waals surface area contributed by atoms with Gasteiger partial charge in [0.05, 0.1) is 0 Å². The zero-order valence-corrected chi connectivity index (χ0v) is 14.1. The summed E-state index contributed by atoms with van der Waals surface area (Å²) in [4.78, 5) is 12.3. The number of benzene rings is 1. The average Bonchev–Trinajstić information content (AvgIpc) is 2.80. The first-order chi connectivity index (χ1) is 10.9. The number of carbonyl (C=O) groups excluding carboxylic acids is 1. The second-order valence-electron chi connectivity index (χ2n) is 6.23. The minimum Gasteiger partial charge on any atom is -0.339 e. The summed E-state index contributed by atoms with van der Waals surface area (Å²) in [5.41, 5.74) is 4.39. The molecular weight excluding hydrogens is 284 g/mol. The normalized spacial score (nSPS) is 11.1. The molecule has 3 nitrogen and oxygen atoms in total. The fourth-order valence-corrected chi connectivity index (χ4v) is 2.54. The van der Waals surface area contributed by atoms with Gasteiger partial charge in [0.25, 0.3) is 0 Å². The monoisotopic (exact) mass is 306 g/mol. The van der Waals surface area contributed by atoms with Crippen LogP contribution in [0.5, 0.6) is 0 Å². The van der Waals surface area contributed by atoms with E-state index in [4.69, 9.17) is 5.26 Å². The van der Waals surface area contributed by atoms with Crippen LogP contribution in [-0.2, 0) is 13.5 Å². The Morgan fingerprint density at radius 1 is 1.30 bits per heavy atom. The van der Waals surface area contributed by atoms with E-state index in [0.29, 0.717) is 17.2 Å². The van der Waals surface area contributed by atoms with Crippen LogP contribution in [0, 0.1) is 24.2 Å². The molecular formula is C20H22N2O. The summed E-state index contributed by atoms with van der Waals surface area (Å²) in [5.74, 6) is 0.578. The van der Waals surface area contributed by atoms with E-state index in [2.05, 4.69) is 19.9 Å². The van der Waals surface area contributed by atoms with Gasteiger partial charge in [-0.2, -0.15) is 5.26 Å². The highest BCUT2D eigenvalue weighted by molar-refractivity contribution is 6.06. The fraction of sp³-hybridized carbons (Fsp3) is 0.300. The van der Waals surface area contributed by atoms with E-state index < -0.39 is 0 Å². The largest absolute Gasteiger partial charge is 0.339 e. The van der Waals surface area contributed by atoms with Crippen LogP contribution in [0.3, 0.4) is 0 Å². The maximum atomic E-state index is 12.3. The van der Waals surface area contributed by atoms with Gasteiger partial charge < -0.3 is 4.57 Å². The van der Waals surface area contributed by atoms with E-state index in [-0.39, 0.29) is 5.78 Å².